The number of nitrogens with zero attached hydrogens (tertiary/aromatic N) is 2. The molecule has 1 heterocycles. The van der Waals surface area contributed by atoms with Crippen LogP contribution in [-0.2, 0) is 6.42 Å². The molecule has 0 atom stereocenters. The van der Waals surface area contributed by atoms with E-state index in [-0.39, 0.29) is 0 Å². The van der Waals surface area contributed by atoms with Gasteiger partial charge in [0.2, 0.25) is 0 Å². The van der Waals surface area contributed by atoms with Crippen LogP contribution in [-0.4, -0.2) is 16.8 Å². The summed E-state index contributed by atoms with van der Waals surface area (Å²) < 4.78 is 5.38. The highest BCUT2D eigenvalue weighted by atomic mass is 16.5. The summed E-state index contributed by atoms with van der Waals surface area (Å²) >= 11 is 0. The number of hydrogen-bond donors (Lipinski definition) is 0. The van der Waals surface area contributed by atoms with E-state index in [1.807, 2.05) is 43.3 Å². The van der Waals surface area contributed by atoms with E-state index in [1.165, 1.54) is 0 Å². The summed E-state index contributed by atoms with van der Waals surface area (Å²) in [6.07, 6.45) is 0.888. The van der Waals surface area contributed by atoms with E-state index in [0.29, 0.717) is 12.3 Å². The van der Waals surface area contributed by atoms with E-state index >= 15 is 0 Å². The molecule has 0 saturated carbocycles. The SMILES string of the molecule is CCOc1ccc(C#Cc2ccc(CC)nn2)cc1. The van der Waals surface area contributed by atoms with Gasteiger partial charge < -0.3 is 4.74 Å². The Morgan fingerprint density at radius 1 is 0.947 bits per heavy atom. The number of rotatable bonds is 3. The van der Waals surface area contributed by atoms with Crippen LogP contribution in [0.2, 0.25) is 0 Å². The minimum Gasteiger partial charge on any atom is -0.494 e. The Morgan fingerprint density at radius 3 is 2.32 bits per heavy atom. The fourth-order valence-electron chi connectivity index (χ4n) is 1.55. The number of hydrogen-bond acceptors (Lipinski definition) is 3. The van der Waals surface area contributed by atoms with E-state index in [0.717, 1.165) is 23.4 Å². The molecule has 3 nitrogen and oxygen atoms in total. The quantitative estimate of drug-likeness (QED) is 0.788. The third kappa shape index (κ3) is 3.82. The van der Waals surface area contributed by atoms with Crippen LogP contribution >= 0.6 is 0 Å². The van der Waals surface area contributed by atoms with Crippen molar-refractivity contribution >= 4 is 0 Å². The Balaban J connectivity index is 2.09. The topological polar surface area (TPSA) is 35.0 Å². The second-order valence-corrected chi connectivity index (χ2v) is 3.97. The first-order valence-corrected chi connectivity index (χ1v) is 6.39. The van der Waals surface area contributed by atoms with Crippen LogP contribution in [0.5, 0.6) is 5.75 Å². The normalized spacial score (nSPS) is 9.58. The second-order valence-electron chi connectivity index (χ2n) is 3.97. The molecule has 0 aliphatic carbocycles. The molecule has 0 fully saturated rings. The van der Waals surface area contributed by atoms with Gasteiger partial charge in [-0.2, -0.15) is 5.10 Å². The zero-order valence-corrected chi connectivity index (χ0v) is 11.2. The molecule has 96 valence electrons. The van der Waals surface area contributed by atoms with Gasteiger partial charge in [0.05, 0.1) is 12.3 Å². The lowest BCUT2D eigenvalue weighted by molar-refractivity contribution is 0.340. The molecule has 2 rings (SSSR count). The second kappa shape index (κ2) is 6.55. The maximum atomic E-state index is 5.38. The van der Waals surface area contributed by atoms with E-state index < -0.39 is 0 Å². The van der Waals surface area contributed by atoms with Crippen molar-refractivity contribution in [3.63, 3.8) is 0 Å². The molecule has 0 unspecified atom stereocenters. The summed E-state index contributed by atoms with van der Waals surface area (Å²) in [5.74, 6) is 6.92. The minimum atomic E-state index is 0.671. The molecule has 2 aromatic rings. The zero-order chi connectivity index (χ0) is 13.5. The van der Waals surface area contributed by atoms with Crippen molar-refractivity contribution in [2.24, 2.45) is 0 Å². The van der Waals surface area contributed by atoms with Crippen molar-refractivity contribution in [2.45, 2.75) is 20.3 Å². The van der Waals surface area contributed by atoms with E-state index in [9.17, 15) is 0 Å². The molecule has 0 aliphatic rings. The predicted octanol–water partition coefficient (Wildman–Crippen LogP) is 2.84. The number of aromatic nitrogens is 2. The summed E-state index contributed by atoms with van der Waals surface area (Å²) in [5, 5.41) is 8.14. The smallest absolute Gasteiger partial charge is 0.136 e. The monoisotopic (exact) mass is 252 g/mol. The zero-order valence-electron chi connectivity index (χ0n) is 11.2. The highest BCUT2D eigenvalue weighted by Gasteiger charge is 1.93. The third-order valence-electron chi connectivity index (χ3n) is 2.58. The van der Waals surface area contributed by atoms with Crippen LogP contribution in [0.4, 0.5) is 0 Å². The van der Waals surface area contributed by atoms with E-state index in [4.69, 9.17) is 4.74 Å². The molecule has 0 spiro atoms. The Kier molecular flexibility index (Phi) is 4.52. The lowest BCUT2D eigenvalue weighted by atomic mass is 10.2. The van der Waals surface area contributed by atoms with Crippen molar-refractivity contribution < 1.29 is 4.74 Å². The first kappa shape index (κ1) is 13.1. The summed E-state index contributed by atoms with van der Waals surface area (Å²) in [7, 11) is 0. The van der Waals surface area contributed by atoms with Gasteiger partial charge in [-0.3, -0.25) is 0 Å². The van der Waals surface area contributed by atoms with Crippen molar-refractivity contribution in [3.05, 3.63) is 53.3 Å². The Morgan fingerprint density at radius 2 is 1.74 bits per heavy atom. The lowest BCUT2D eigenvalue weighted by Crippen LogP contribution is -1.92. The molecular weight excluding hydrogens is 236 g/mol. The standard InChI is InChI=1S/C16H16N2O/c1-3-14-9-10-15(18-17-14)8-5-13-6-11-16(12-7-13)19-4-2/h6-7,9-12H,3-4H2,1-2H3. The van der Waals surface area contributed by atoms with Crippen LogP contribution in [0.15, 0.2) is 36.4 Å². The fraction of sp³-hybridized carbons (Fsp3) is 0.250. The van der Waals surface area contributed by atoms with Gasteiger partial charge in [0.25, 0.3) is 0 Å². The van der Waals surface area contributed by atoms with Crippen molar-refractivity contribution in [3.8, 4) is 17.6 Å². The van der Waals surface area contributed by atoms with Crippen molar-refractivity contribution in [2.75, 3.05) is 6.61 Å². The highest BCUT2D eigenvalue weighted by molar-refractivity contribution is 5.42. The minimum absolute atomic E-state index is 0.671. The lowest BCUT2D eigenvalue weighted by Gasteiger charge is -2.01. The number of aryl methyl sites for hydroxylation is 1. The fourth-order valence-corrected chi connectivity index (χ4v) is 1.55. The molecule has 0 N–H and O–H groups in total. The van der Waals surface area contributed by atoms with Crippen LogP contribution in [0.25, 0.3) is 0 Å². The average Bonchev–Trinajstić information content (AvgIpc) is 2.47. The summed E-state index contributed by atoms with van der Waals surface area (Å²) in [6.45, 7) is 4.69. The number of benzene rings is 1. The molecule has 0 saturated heterocycles. The first-order valence-electron chi connectivity index (χ1n) is 6.39. The van der Waals surface area contributed by atoms with Crippen molar-refractivity contribution in [1.82, 2.24) is 10.2 Å². The molecular formula is C16H16N2O. The molecule has 19 heavy (non-hydrogen) atoms. The van der Waals surface area contributed by atoms with Gasteiger partial charge in [0, 0.05) is 5.56 Å². The van der Waals surface area contributed by atoms with Crippen LogP contribution in [0, 0.1) is 11.8 Å². The Labute approximate surface area is 113 Å². The van der Waals surface area contributed by atoms with Gasteiger partial charge in [-0.1, -0.05) is 12.8 Å². The molecule has 0 aliphatic heterocycles. The highest BCUT2D eigenvalue weighted by Crippen LogP contribution is 2.11. The summed E-state index contributed by atoms with van der Waals surface area (Å²) in [4.78, 5) is 0. The summed E-state index contributed by atoms with van der Waals surface area (Å²) in [5.41, 5.74) is 2.60. The molecule has 3 heteroatoms. The van der Waals surface area contributed by atoms with Crippen LogP contribution in [0.3, 0.4) is 0 Å². The molecule has 1 aromatic heterocycles. The summed E-state index contributed by atoms with van der Waals surface area (Å²) in [6, 6.07) is 11.6. The van der Waals surface area contributed by atoms with E-state index in [1.54, 1.807) is 0 Å². The average molecular weight is 252 g/mol. The molecule has 0 radical (unpaired) electrons. The van der Waals surface area contributed by atoms with Gasteiger partial charge in [-0.05, 0) is 55.7 Å². The first-order chi connectivity index (χ1) is 9.31. The van der Waals surface area contributed by atoms with Crippen molar-refractivity contribution in [1.29, 1.82) is 0 Å². The Hall–Kier alpha value is -2.34. The van der Waals surface area contributed by atoms with Gasteiger partial charge in [-0.25, -0.2) is 0 Å². The Bertz CT molecular complexity index is 577. The van der Waals surface area contributed by atoms with Gasteiger partial charge in [0.15, 0.2) is 0 Å². The molecule has 0 amide bonds. The van der Waals surface area contributed by atoms with E-state index in [2.05, 4.69) is 29.0 Å². The van der Waals surface area contributed by atoms with Crippen LogP contribution < -0.4 is 4.74 Å². The number of ether oxygens (including phenoxy) is 1. The molecule has 1 aromatic carbocycles. The maximum Gasteiger partial charge on any atom is 0.136 e. The molecule has 0 bridgehead atoms. The van der Waals surface area contributed by atoms with Gasteiger partial charge in [0.1, 0.15) is 11.4 Å². The van der Waals surface area contributed by atoms with Gasteiger partial charge in [-0.15, -0.1) is 5.10 Å². The van der Waals surface area contributed by atoms with Crippen LogP contribution in [0.1, 0.15) is 30.8 Å². The third-order valence-corrected chi connectivity index (χ3v) is 2.58. The maximum absolute atomic E-state index is 5.38. The predicted molar refractivity (Wildman–Crippen MR) is 75.0 cm³/mol. The van der Waals surface area contributed by atoms with Gasteiger partial charge >= 0.3 is 0 Å². The largest absolute Gasteiger partial charge is 0.494 e.